The van der Waals surface area contributed by atoms with Crippen LogP contribution in [0.3, 0.4) is 0 Å². The average molecular weight is 686 g/mol. The Labute approximate surface area is 281 Å². The highest BCUT2D eigenvalue weighted by Gasteiger charge is 2.27. The molecule has 2 aliphatic heterocycles. The number of carbonyl (C=O) groups is 3. The molecule has 3 amide bonds. The Morgan fingerprint density at radius 3 is 2.54 bits per heavy atom. The second-order valence-electron chi connectivity index (χ2n) is 11.6. The molecule has 3 aromatic heterocycles. The van der Waals surface area contributed by atoms with Gasteiger partial charge in [0.25, 0.3) is 5.91 Å². The van der Waals surface area contributed by atoms with Crippen molar-refractivity contribution in [2.75, 3.05) is 45.1 Å². The van der Waals surface area contributed by atoms with Gasteiger partial charge < -0.3 is 25.2 Å². The summed E-state index contributed by atoms with van der Waals surface area (Å²) in [5, 5.41) is 14.1. The summed E-state index contributed by atoms with van der Waals surface area (Å²) < 4.78 is 34.1. The first-order valence-electron chi connectivity index (χ1n) is 15.7. The van der Waals surface area contributed by atoms with Crippen LogP contribution < -0.4 is 15.4 Å². The number of rotatable bonds is 9. The molecule has 2 N–H and O–H groups in total. The number of ether oxygens (including phenoxy) is 1. The fourth-order valence-electron chi connectivity index (χ4n) is 5.79. The maximum Gasteiger partial charge on any atom is 0.387 e. The lowest BCUT2D eigenvalue weighted by atomic mass is 9.96. The molecular weight excluding hydrogens is 648 g/mol. The van der Waals surface area contributed by atoms with E-state index in [0.717, 1.165) is 32.5 Å². The Morgan fingerprint density at radius 2 is 1.85 bits per heavy atom. The van der Waals surface area contributed by atoms with Gasteiger partial charge >= 0.3 is 6.61 Å². The summed E-state index contributed by atoms with van der Waals surface area (Å²) in [5.74, 6) is -0.257. The molecule has 0 spiro atoms. The van der Waals surface area contributed by atoms with Gasteiger partial charge in [-0.2, -0.15) is 19.0 Å². The maximum absolute atomic E-state index is 13.3. The minimum absolute atomic E-state index is 0.00463. The fourth-order valence-corrected chi connectivity index (χ4v) is 5.96. The van der Waals surface area contributed by atoms with Crippen molar-refractivity contribution in [2.45, 2.75) is 45.8 Å². The Morgan fingerprint density at radius 1 is 1.12 bits per heavy atom. The van der Waals surface area contributed by atoms with Crippen molar-refractivity contribution in [3.63, 3.8) is 0 Å². The van der Waals surface area contributed by atoms with E-state index < -0.39 is 12.5 Å². The van der Waals surface area contributed by atoms with Crippen molar-refractivity contribution >= 4 is 40.7 Å². The van der Waals surface area contributed by atoms with Crippen molar-refractivity contribution in [3.8, 4) is 17.0 Å². The molecule has 0 aliphatic carbocycles. The van der Waals surface area contributed by atoms with E-state index in [1.807, 2.05) is 4.90 Å². The molecule has 13 nitrogen and oxygen atoms in total. The summed E-state index contributed by atoms with van der Waals surface area (Å²) in [5.41, 5.74) is 0.964. The third-order valence-corrected chi connectivity index (χ3v) is 8.51. The van der Waals surface area contributed by atoms with E-state index >= 15 is 0 Å². The minimum Gasteiger partial charge on any atom is -0.434 e. The number of hydrogen-bond acceptors (Lipinski definition) is 8. The van der Waals surface area contributed by atoms with Gasteiger partial charge in [0.2, 0.25) is 11.8 Å². The molecule has 0 atom stereocenters. The normalized spacial score (nSPS) is 15.3. The van der Waals surface area contributed by atoms with Crippen LogP contribution in [0.1, 0.15) is 43.0 Å². The number of carbonyl (C=O) groups excluding carboxylic acids is 3. The molecular formula is C32H38ClF2N9O4. The Bertz CT molecular complexity index is 1730. The van der Waals surface area contributed by atoms with Crippen LogP contribution in [0, 0.1) is 5.92 Å². The van der Waals surface area contributed by atoms with Crippen LogP contribution in [0.15, 0.2) is 49.1 Å². The van der Waals surface area contributed by atoms with Gasteiger partial charge in [-0.25, -0.2) is 9.50 Å². The molecule has 6 rings (SSSR count). The largest absolute Gasteiger partial charge is 0.434 e. The highest BCUT2D eigenvalue weighted by atomic mass is 35.5. The number of alkyl halides is 2. The average Bonchev–Trinajstić information content (AvgIpc) is 3.83. The zero-order valence-corrected chi connectivity index (χ0v) is 27.5. The summed E-state index contributed by atoms with van der Waals surface area (Å²) in [4.78, 5) is 44.9. The Kier molecular flexibility index (Phi) is 11.5. The molecule has 0 saturated carbocycles. The third kappa shape index (κ3) is 8.83. The first-order valence-corrected chi connectivity index (χ1v) is 16.1. The quantitative estimate of drug-likeness (QED) is 0.268. The first kappa shape index (κ1) is 34.7. The Balaban J connectivity index is 0.000000840. The SMILES string of the molecule is CNC(C)=O.O=C(Nc1cn(CC(=O)N2CCC(CN3CCCC3)CC2)nc1-c1cc(Cl)ccc1OC(F)F)c1cnn2cccnc12. The number of nitrogens with one attached hydrogen (secondary N) is 2. The van der Waals surface area contributed by atoms with E-state index in [1.54, 1.807) is 19.3 Å². The number of aromatic nitrogens is 5. The van der Waals surface area contributed by atoms with Gasteiger partial charge in [-0.05, 0) is 69.0 Å². The molecule has 48 heavy (non-hydrogen) atoms. The molecule has 0 bridgehead atoms. The highest BCUT2D eigenvalue weighted by Crippen LogP contribution is 2.37. The van der Waals surface area contributed by atoms with Gasteiger partial charge in [0, 0.05) is 62.8 Å². The lowest BCUT2D eigenvalue weighted by Crippen LogP contribution is -2.42. The zero-order valence-electron chi connectivity index (χ0n) is 26.7. The summed E-state index contributed by atoms with van der Waals surface area (Å²) in [6, 6.07) is 5.83. The fraction of sp³-hybridized carbons (Fsp3) is 0.438. The number of fused-ring (bicyclic) bond motifs is 1. The molecule has 2 aliphatic rings. The topological polar surface area (TPSA) is 139 Å². The molecule has 2 saturated heterocycles. The van der Waals surface area contributed by atoms with Gasteiger partial charge in [-0.1, -0.05) is 11.6 Å². The van der Waals surface area contributed by atoms with Crippen molar-refractivity contribution in [1.82, 2.24) is 39.5 Å². The van der Waals surface area contributed by atoms with Crippen LogP contribution in [-0.4, -0.2) is 98.3 Å². The monoisotopic (exact) mass is 685 g/mol. The van der Waals surface area contributed by atoms with Crippen LogP contribution in [0.5, 0.6) is 5.75 Å². The van der Waals surface area contributed by atoms with Crippen LogP contribution in [0.2, 0.25) is 5.02 Å². The van der Waals surface area contributed by atoms with Crippen molar-refractivity contribution in [3.05, 3.63) is 59.6 Å². The van der Waals surface area contributed by atoms with E-state index in [4.69, 9.17) is 16.3 Å². The predicted octanol–water partition coefficient (Wildman–Crippen LogP) is 4.19. The van der Waals surface area contributed by atoms with E-state index in [0.29, 0.717) is 24.7 Å². The van der Waals surface area contributed by atoms with Crippen LogP contribution >= 0.6 is 11.6 Å². The number of piperidine rings is 1. The summed E-state index contributed by atoms with van der Waals surface area (Å²) in [7, 11) is 1.60. The number of amides is 3. The molecule has 2 fully saturated rings. The lowest BCUT2D eigenvalue weighted by molar-refractivity contribution is -0.133. The predicted molar refractivity (Wildman–Crippen MR) is 175 cm³/mol. The second-order valence-corrected chi connectivity index (χ2v) is 12.1. The third-order valence-electron chi connectivity index (χ3n) is 8.28. The number of hydrogen-bond donors (Lipinski definition) is 2. The molecule has 1 aromatic carbocycles. The zero-order chi connectivity index (χ0) is 34.2. The summed E-state index contributed by atoms with van der Waals surface area (Å²) in [6.45, 7) is 3.01. The van der Waals surface area contributed by atoms with Crippen molar-refractivity contribution in [2.24, 2.45) is 5.92 Å². The maximum atomic E-state index is 13.3. The molecule has 16 heteroatoms. The smallest absolute Gasteiger partial charge is 0.387 e. The number of likely N-dealkylation sites (tertiary alicyclic amines) is 2. The van der Waals surface area contributed by atoms with Crippen molar-refractivity contribution < 1.29 is 27.9 Å². The number of halogens is 3. The molecule has 4 aromatic rings. The van der Waals surface area contributed by atoms with Gasteiger partial charge in [-0.3, -0.25) is 19.1 Å². The van der Waals surface area contributed by atoms with E-state index in [9.17, 15) is 23.2 Å². The van der Waals surface area contributed by atoms with E-state index in [-0.39, 0.29) is 51.6 Å². The molecule has 0 radical (unpaired) electrons. The van der Waals surface area contributed by atoms with Gasteiger partial charge in [-0.15, -0.1) is 0 Å². The first-order chi connectivity index (χ1) is 23.1. The molecule has 0 unspecified atom stereocenters. The van der Waals surface area contributed by atoms with Crippen molar-refractivity contribution in [1.29, 1.82) is 0 Å². The van der Waals surface area contributed by atoms with E-state index in [1.165, 1.54) is 65.8 Å². The highest BCUT2D eigenvalue weighted by molar-refractivity contribution is 6.31. The number of anilines is 1. The van der Waals surface area contributed by atoms with Crippen LogP contribution in [-0.2, 0) is 16.1 Å². The summed E-state index contributed by atoms with van der Waals surface area (Å²) in [6.07, 6.45) is 10.5. The van der Waals surface area contributed by atoms with E-state index in [2.05, 4.69) is 30.7 Å². The van der Waals surface area contributed by atoms with Gasteiger partial charge in [0.15, 0.2) is 5.65 Å². The Hall–Kier alpha value is -4.63. The molecule has 5 heterocycles. The minimum atomic E-state index is -3.10. The van der Waals surface area contributed by atoms with Gasteiger partial charge in [0.05, 0.1) is 11.9 Å². The molecule has 256 valence electrons. The standard InChI is InChI=1S/C29H31ClF2N8O3.C3H7NO/c30-20-4-5-24(43-29(31)32)21(14-20)26-23(35-28(42)22-15-34-40-11-3-8-33-27(22)40)17-39(36-26)18-25(41)38-12-6-19(7-13-38)16-37-9-1-2-10-37;1-3(5)4-2/h3-5,8,11,14-15,17,19,29H,1-2,6-7,9-10,12-13,16,18H2,(H,35,42);1-2H3,(H,4,5). The van der Waals surface area contributed by atoms with Gasteiger partial charge in [0.1, 0.15) is 23.6 Å². The summed E-state index contributed by atoms with van der Waals surface area (Å²) >= 11 is 6.22. The number of benzene rings is 1. The lowest BCUT2D eigenvalue weighted by Gasteiger charge is -2.33. The van der Waals surface area contributed by atoms with Crippen LogP contribution in [0.25, 0.3) is 16.9 Å². The second kappa shape index (κ2) is 16.0. The van der Waals surface area contributed by atoms with Crippen LogP contribution in [0.4, 0.5) is 14.5 Å². The number of nitrogens with zero attached hydrogens (tertiary/aromatic N) is 7.